The van der Waals surface area contributed by atoms with Gasteiger partial charge < -0.3 is 61.2 Å². The fourth-order valence-electron chi connectivity index (χ4n) is 16.4. The van der Waals surface area contributed by atoms with Gasteiger partial charge in [0.25, 0.3) is 0 Å². The van der Waals surface area contributed by atoms with Gasteiger partial charge in [0.15, 0.2) is 46.5 Å². The molecule has 0 radical (unpaired) electrons. The maximum Gasteiger partial charge on any atom is 0.233 e. The second kappa shape index (κ2) is 40.3. The molecular formula is C93H120BrN21O10S3. The number of likely N-dealkylation sites (tertiary alicyclic amines) is 2. The van der Waals surface area contributed by atoms with Gasteiger partial charge in [0.2, 0.25) is 23.8 Å². The molecule has 6 aromatic heterocycles. The molecule has 10 N–H and O–H groups in total. The molecule has 35 heteroatoms. The summed E-state index contributed by atoms with van der Waals surface area (Å²) in [6.07, 6.45) is 6.07. The number of piperidine rings is 3. The normalized spacial score (nSPS) is 14.7. The standard InChI is InChI=1S/C32H40BrN7O4S.C31H41N7O3S.C30H39N7O3S/c1-18(2)44-26-16-23(22-11-13-40(14-12-22)28(41)17-33)20(5)15-25(26)35-32-36-30(29-21(6)38-39-31(29)37-32)34-24-9-7-8-10-27(24)45(42,43)19(3)4;1-18(2)41-26-17-23(22-12-14-38(7)15-13-22)20(5)16-25(26)33-31-34-29(28-21(6)36-37-30(28)35-31)32-24-10-8-9-11-27(24)42(39,40)19(3)4;1-17(2)40-25-16-22(21-11-13-31-14-12-21)19(5)15-24(25)33-30-34-28(27-20(6)36-37-29(27)35-30)32-23-9-7-8-10-26(23)41(38,39)18(3)4/h7-10,15-16,18-19,22H,11-14,17H2,1-6H3,(H3,34,35,36,37,38,39);8-11,16-19,22H,12-15H2,1-7H3,(H3,32,33,34,35,36,37);7-10,15-18,21,31H,11-14H2,1-6H3,(H3,32,33,34,35,36,37). The first-order chi connectivity index (χ1) is 60.9. The second-order valence-electron chi connectivity index (χ2n) is 34.9. The van der Waals surface area contributed by atoms with E-state index in [0.29, 0.717) is 114 Å². The Morgan fingerprint density at radius 3 is 0.984 bits per heavy atom. The number of nitrogens with one attached hydrogen (secondary N) is 10. The number of H-pyrrole nitrogens is 3. The Hall–Kier alpha value is -11.1. The highest BCUT2D eigenvalue weighted by Gasteiger charge is 2.32. The lowest BCUT2D eigenvalue weighted by atomic mass is 9.86. The van der Waals surface area contributed by atoms with E-state index in [9.17, 15) is 30.0 Å². The largest absolute Gasteiger partial charge is 0.489 e. The van der Waals surface area contributed by atoms with E-state index >= 15 is 0 Å². The first-order valence-electron chi connectivity index (χ1n) is 43.8. The zero-order chi connectivity index (χ0) is 92.0. The lowest BCUT2D eigenvalue weighted by molar-refractivity contribution is -0.129. The highest BCUT2D eigenvalue weighted by Crippen LogP contribution is 2.44. The molecule has 0 saturated carbocycles. The maximum absolute atomic E-state index is 13.2. The summed E-state index contributed by atoms with van der Waals surface area (Å²) < 4.78 is 97.6. The number of halogens is 1. The molecule has 682 valence electrons. The van der Waals surface area contributed by atoms with E-state index in [1.54, 1.807) is 114 Å². The van der Waals surface area contributed by atoms with Crippen LogP contribution in [0.4, 0.5) is 69.4 Å². The summed E-state index contributed by atoms with van der Waals surface area (Å²) in [4.78, 5) is 45.5. The second-order valence-corrected chi connectivity index (χ2v) is 42.8. The number of sulfone groups is 3. The number of hydrogen-bond acceptors (Lipinski definition) is 27. The molecule has 9 heterocycles. The predicted molar refractivity (Wildman–Crippen MR) is 513 cm³/mol. The summed E-state index contributed by atoms with van der Waals surface area (Å²) in [5.74, 6) is 5.80. The third kappa shape index (κ3) is 21.6. The number of rotatable bonds is 28. The number of amides is 1. The molecule has 3 saturated heterocycles. The highest BCUT2D eigenvalue weighted by atomic mass is 79.9. The Kier molecular flexibility index (Phi) is 29.7. The van der Waals surface area contributed by atoms with Gasteiger partial charge in [-0.1, -0.05) is 52.3 Å². The molecule has 0 atom stereocenters. The summed E-state index contributed by atoms with van der Waals surface area (Å²) in [5.41, 5.74) is 14.5. The molecule has 0 bridgehead atoms. The van der Waals surface area contributed by atoms with Gasteiger partial charge in [0, 0.05) is 30.2 Å². The third-order valence-corrected chi connectivity index (χ3v) is 30.4. The van der Waals surface area contributed by atoms with Crippen molar-refractivity contribution in [2.24, 2.45) is 0 Å². The van der Waals surface area contributed by atoms with Crippen LogP contribution in [0.25, 0.3) is 33.1 Å². The first kappa shape index (κ1) is 94.5. The van der Waals surface area contributed by atoms with E-state index in [4.69, 9.17) is 29.2 Å². The molecular weight excluding hydrogens is 1750 g/mol. The fourth-order valence-corrected chi connectivity index (χ4v) is 20.3. The summed E-state index contributed by atoms with van der Waals surface area (Å²) in [6.45, 7) is 39.6. The number of aromatic amines is 3. The van der Waals surface area contributed by atoms with Crippen molar-refractivity contribution >= 4 is 154 Å². The molecule has 12 aromatic rings. The Morgan fingerprint density at radius 2 is 0.695 bits per heavy atom. The molecule has 0 spiro atoms. The van der Waals surface area contributed by atoms with E-state index in [1.165, 1.54) is 27.8 Å². The predicted octanol–water partition coefficient (Wildman–Crippen LogP) is 18.7. The molecule has 0 unspecified atom stereocenters. The zero-order valence-corrected chi connectivity index (χ0v) is 80.4. The van der Waals surface area contributed by atoms with Crippen LogP contribution in [0.1, 0.15) is 190 Å². The van der Waals surface area contributed by atoms with Crippen molar-refractivity contribution in [1.82, 2.24) is 75.6 Å². The van der Waals surface area contributed by atoms with Crippen LogP contribution in [-0.4, -0.2) is 187 Å². The first-order valence-corrected chi connectivity index (χ1v) is 49.6. The number of aromatic nitrogens is 12. The summed E-state index contributed by atoms with van der Waals surface area (Å²) in [6, 6.07) is 33.2. The van der Waals surface area contributed by atoms with Crippen molar-refractivity contribution in [1.29, 1.82) is 0 Å². The third-order valence-electron chi connectivity index (χ3n) is 23.3. The summed E-state index contributed by atoms with van der Waals surface area (Å²) in [5, 5.41) is 46.1. The number of nitrogens with zero attached hydrogens (tertiary/aromatic N) is 11. The average Bonchev–Trinajstić information content (AvgIpc) is 1.59. The number of hydrogen-bond donors (Lipinski definition) is 10. The van der Waals surface area contributed by atoms with Crippen LogP contribution in [0, 0.1) is 41.5 Å². The van der Waals surface area contributed by atoms with Gasteiger partial charge in [-0.25, -0.2) is 25.3 Å². The van der Waals surface area contributed by atoms with Crippen LogP contribution in [0.2, 0.25) is 0 Å². The Morgan fingerprint density at radius 1 is 0.406 bits per heavy atom. The van der Waals surface area contributed by atoms with E-state index in [2.05, 4.69) is 162 Å². The van der Waals surface area contributed by atoms with E-state index < -0.39 is 45.3 Å². The van der Waals surface area contributed by atoms with Crippen LogP contribution < -0.4 is 51.4 Å². The Labute approximate surface area is 758 Å². The topological polar surface area (TPSA) is 401 Å². The average molecular weight is 1870 g/mol. The quantitative estimate of drug-likeness (QED) is 0.0204. The fraction of sp³-hybridized carbons (Fsp3) is 0.441. The molecule has 15 rings (SSSR count). The van der Waals surface area contributed by atoms with Crippen molar-refractivity contribution in [3.63, 3.8) is 0 Å². The zero-order valence-electron chi connectivity index (χ0n) is 76.4. The number of para-hydroxylation sites is 3. The smallest absolute Gasteiger partial charge is 0.233 e. The number of ether oxygens (including phenoxy) is 3. The number of benzene rings is 6. The number of carbonyl (C=O) groups is 1. The Bertz CT molecular complexity index is 6370. The number of fused-ring (bicyclic) bond motifs is 3. The van der Waals surface area contributed by atoms with Crippen molar-refractivity contribution in [3.05, 3.63) is 160 Å². The van der Waals surface area contributed by atoms with Crippen LogP contribution in [0.5, 0.6) is 17.2 Å². The van der Waals surface area contributed by atoms with E-state index in [1.807, 2.05) is 73.3 Å². The molecule has 1 amide bonds. The van der Waals surface area contributed by atoms with Gasteiger partial charge in [-0.15, -0.1) is 0 Å². The number of anilines is 12. The molecule has 3 aliphatic rings. The lowest BCUT2D eigenvalue weighted by Crippen LogP contribution is -2.38. The molecule has 6 aromatic carbocycles. The van der Waals surface area contributed by atoms with Crippen molar-refractivity contribution in [2.45, 2.75) is 230 Å². The number of aryl methyl sites for hydroxylation is 6. The van der Waals surface area contributed by atoms with Crippen molar-refractivity contribution in [3.8, 4) is 17.2 Å². The van der Waals surface area contributed by atoms with Gasteiger partial charge in [-0.2, -0.15) is 45.2 Å². The van der Waals surface area contributed by atoms with Crippen LogP contribution in [0.3, 0.4) is 0 Å². The number of carbonyl (C=O) groups excluding carboxylic acids is 1. The van der Waals surface area contributed by atoms with E-state index in [0.717, 1.165) is 123 Å². The summed E-state index contributed by atoms with van der Waals surface area (Å²) in [7, 11) is -8.47. The maximum atomic E-state index is 13.2. The monoisotopic (exact) mass is 1870 g/mol. The lowest BCUT2D eigenvalue weighted by Gasteiger charge is -2.33. The van der Waals surface area contributed by atoms with Crippen LogP contribution in [-0.2, 0) is 34.3 Å². The van der Waals surface area contributed by atoms with Gasteiger partial charge in [0.05, 0.1) is 104 Å². The van der Waals surface area contributed by atoms with Gasteiger partial charge in [-0.05, 0) is 320 Å². The van der Waals surface area contributed by atoms with Crippen molar-refractivity contribution < 1.29 is 44.3 Å². The molecule has 0 aliphatic carbocycles. The molecule has 128 heavy (non-hydrogen) atoms. The van der Waals surface area contributed by atoms with Gasteiger partial charge >= 0.3 is 0 Å². The minimum atomic E-state index is -3.56. The molecule has 31 nitrogen and oxygen atoms in total. The molecule has 3 fully saturated rings. The minimum absolute atomic E-state index is 0.0202. The minimum Gasteiger partial charge on any atom is -0.489 e. The van der Waals surface area contributed by atoms with Crippen molar-refractivity contribution in [2.75, 3.05) is 83.5 Å². The van der Waals surface area contributed by atoms with Gasteiger partial charge in [0.1, 0.15) is 34.7 Å². The van der Waals surface area contributed by atoms with E-state index in [-0.39, 0.29) is 44.9 Å². The van der Waals surface area contributed by atoms with Crippen LogP contribution >= 0.6 is 15.9 Å². The van der Waals surface area contributed by atoms with Crippen LogP contribution in [0.15, 0.2) is 124 Å². The molecule has 3 aliphatic heterocycles. The number of alkyl halides is 1. The summed E-state index contributed by atoms with van der Waals surface area (Å²) >= 11 is 3.28. The highest BCUT2D eigenvalue weighted by molar-refractivity contribution is 9.09. The van der Waals surface area contributed by atoms with Gasteiger partial charge in [-0.3, -0.25) is 20.1 Å². The SMILES string of the molecule is Cc1cc(Nc2nc(Nc3ccccc3S(=O)(=O)C(C)C)c3c(C)[nH]nc3n2)c(OC(C)C)cc1C1CCN(C(=O)CBr)CC1.Cc1cc(Nc2nc(Nc3ccccc3S(=O)(=O)C(C)C)c3c(C)[nH]nc3n2)c(OC(C)C)cc1C1CCN(C)CC1.Cc1cc(Nc2nc(Nc3ccccc3S(=O)(=O)C(C)C)c3c(C)[nH]nc3n2)c(OC(C)C)cc1C1CCNCC1. The Balaban J connectivity index is 0.000000164.